The quantitative estimate of drug-likeness (QED) is 0.122. The van der Waals surface area contributed by atoms with E-state index in [-0.39, 0.29) is 0 Å². The molecule has 34 heavy (non-hydrogen) atoms. The van der Waals surface area contributed by atoms with Gasteiger partial charge < -0.3 is 10.2 Å². The fraction of sp³-hybridized carbons (Fsp3) is 0.812. The van der Waals surface area contributed by atoms with Crippen LogP contribution < -0.4 is 0 Å². The first-order chi connectivity index (χ1) is 16.6. The van der Waals surface area contributed by atoms with Gasteiger partial charge in [-0.05, 0) is 42.9 Å². The summed E-state index contributed by atoms with van der Waals surface area (Å²) in [7, 11) is 0. The van der Waals surface area contributed by atoms with Gasteiger partial charge in [-0.25, -0.2) is 0 Å². The Kier molecular flexibility index (Phi) is 19.2. The van der Waals surface area contributed by atoms with E-state index >= 15 is 0 Å². The molecule has 0 saturated heterocycles. The second-order valence-corrected chi connectivity index (χ2v) is 10.8. The number of benzene rings is 1. The van der Waals surface area contributed by atoms with Gasteiger partial charge in [0.25, 0.3) is 0 Å². The molecule has 1 aromatic rings. The van der Waals surface area contributed by atoms with E-state index in [0.717, 1.165) is 30.4 Å². The maximum Gasteiger partial charge on any atom is 0.119 e. The number of aryl methyl sites for hydroxylation is 1. The molecule has 0 aliphatic carbocycles. The summed E-state index contributed by atoms with van der Waals surface area (Å²) in [6, 6.07) is 3.66. The zero-order valence-corrected chi connectivity index (χ0v) is 23.2. The molecule has 0 aromatic heterocycles. The molecule has 198 valence electrons. The lowest BCUT2D eigenvalue weighted by molar-refractivity contribution is 0.439. The lowest BCUT2D eigenvalue weighted by Gasteiger charge is -2.16. The summed E-state index contributed by atoms with van der Waals surface area (Å²) in [4.78, 5) is 0. The fourth-order valence-corrected chi connectivity index (χ4v) is 5.13. The Labute approximate surface area is 213 Å². The van der Waals surface area contributed by atoms with E-state index in [1.807, 2.05) is 12.1 Å². The van der Waals surface area contributed by atoms with E-state index < -0.39 is 0 Å². The predicted octanol–water partition coefficient (Wildman–Crippen LogP) is 11.0. The number of phenolic OH excluding ortho intramolecular Hbond substituents is 2. The highest BCUT2D eigenvalue weighted by molar-refractivity contribution is 5.46. The molecule has 1 aromatic carbocycles. The molecule has 0 aliphatic rings. The Morgan fingerprint density at radius 1 is 0.529 bits per heavy atom. The maximum atomic E-state index is 10.6. The van der Waals surface area contributed by atoms with Gasteiger partial charge in [-0.1, -0.05) is 143 Å². The van der Waals surface area contributed by atoms with E-state index in [2.05, 4.69) is 20.8 Å². The summed E-state index contributed by atoms with van der Waals surface area (Å²) in [6.45, 7) is 6.73. The van der Waals surface area contributed by atoms with Crippen LogP contribution >= 0.6 is 0 Å². The number of aromatic hydroxyl groups is 2. The first-order valence-corrected chi connectivity index (χ1v) is 15.1. The molecule has 0 radical (unpaired) electrons. The van der Waals surface area contributed by atoms with Crippen LogP contribution in [0.1, 0.15) is 173 Å². The van der Waals surface area contributed by atoms with Crippen molar-refractivity contribution in [3.05, 3.63) is 23.3 Å². The largest absolute Gasteiger partial charge is 0.508 e. The fourth-order valence-electron chi connectivity index (χ4n) is 5.13. The van der Waals surface area contributed by atoms with E-state index in [9.17, 15) is 10.2 Å². The van der Waals surface area contributed by atoms with Crippen molar-refractivity contribution in [2.24, 2.45) is 0 Å². The van der Waals surface area contributed by atoms with Gasteiger partial charge in [0.05, 0.1) is 0 Å². The first-order valence-electron chi connectivity index (χ1n) is 15.1. The Hall–Kier alpha value is -1.18. The SMILES string of the molecule is CCCCCCCCCCCCc1cc(O)c(C(C)CCCCCCCCCCCC)cc1O. The Morgan fingerprint density at radius 3 is 1.41 bits per heavy atom. The van der Waals surface area contributed by atoms with Crippen molar-refractivity contribution in [1.29, 1.82) is 0 Å². The average Bonchev–Trinajstić information content (AvgIpc) is 2.83. The number of hydrogen-bond acceptors (Lipinski definition) is 2. The summed E-state index contributed by atoms with van der Waals surface area (Å²) < 4.78 is 0. The molecular weight excluding hydrogens is 416 g/mol. The van der Waals surface area contributed by atoms with Crippen LogP contribution in [0.5, 0.6) is 11.5 Å². The molecule has 1 unspecified atom stereocenters. The van der Waals surface area contributed by atoms with Crippen molar-refractivity contribution in [1.82, 2.24) is 0 Å². The van der Waals surface area contributed by atoms with Crippen LogP contribution in [0.4, 0.5) is 0 Å². The average molecular weight is 475 g/mol. The summed E-state index contributed by atoms with van der Waals surface area (Å²) >= 11 is 0. The topological polar surface area (TPSA) is 40.5 Å². The molecule has 0 fully saturated rings. The Morgan fingerprint density at radius 2 is 0.941 bits per heavy atom. The molecule has 0 amide bonds. The third kappa shape index (κ3) is 14.9. The van der Waals surface area contributed by atoms with Crippen LogP contribution in [0.3, 0.4) is 0 Å². The van der Waals surface area contributed by atoms with E-state index in [0.29, 0.717) is 17.4 Å². The van der Waals surface area contributed by atoms with Crippen molar-refractivity contribution in [3.8, 4) is 11.5 Å². The Balaban J connectivity index is 2.18. The summed E-state index contributed by atoms with van der Waals surface area (Å²) in [5, 5.41) is 21.1. The molecule has 2 heteroatoms. The van der Waals surface area contributed by atoms with Crippen LogP contribution in [-0.4, -0.2) is 10.2 Å². The number of hydrogen-bond donors (Lipinski definition) is 2. The van der Waals surface area contributed by atoms with Crippen molar-refractivity contribution in [3.63, 3.8) is 0 Å². The molecule has 0 bridgehead atoms. The maximum absolute atomic E-state index is 10.6. The van der Waals surface area contributed by atoms with Crippen molar-refractivity contribution in [2.45, 2.75) is 168 Å². The number of unbranched alkanes of at least 4 members (excludes halogenated alkanes) is 18. The van der Waals surface area contributed by atoms with Crippen molar-refractivity contribution in [2.75, 3.05) is 0 Å². The number of phenols is 2. The van der Waals surface area contributed by atoms with Crippen LogP contribution in [0.15, 0.2) is 12.1 Å². The summed E-state index contributed by atoms with van der Waals surface area (Å²) in [5.41, 5.74) is 1.83. The third-order valence-electron chi connectivity index (χ3n) is 7.55. The minimum atomic E-state index is 0.298. The van der Waals surface area contributed by atoms with Gasteiger partial charge in [0.2, 0.25) is 0 Å². The monoisotopic (exact) mass is 474 g/mol. The van der Waals surface area contributed by atoms with Gasteiger partial charge in [0.15, 0.2) is 0 Å². The molecule has 0 saturated carbocycles. The first kappa shape index (κ1) is 30.9. The predicted molar refractivity (Wildman–Crippen MR) is 150 cm³/mol. The normalized spacial score (nSPS) is 12.3. The van der Waals surface area contributed by atoms with Crippen molar-refractivity contribution < 1.29 is 10.2 Å². The zero-order chi connectivity index (χ0) is 24.9. The summed E-state index contributed by atoms with van der Waals surface area (Å²) in [5.74, 6) is 1.05. The molecule has 0 spiro atoms. The second-order valence-electron chi connectivity index (χ2n) is 10.8. The van der Waals surface area contributed by atoms with Crippen LogP contribution in [-0.2, 0) is 6.42 Å². The van der Waals surface area contributed by atoms with Gasteiger partial charge >= 0.3 is 0 Å². The van der Waals surface area contributed by atoms with Gasteiger partial charge in [0, 0.05) is 5.56 Å². The van der Waals surface area contributed by atoms with E-state index in [1.165, 1.54) is 122 Å². The zero-order valence-electron chi connectivity index (χ0n) is 23.2. The highest BCUT2D eigenvalue weighted by atomic mass is 16.3. The van der Waals surface area contributed by atoms with Crippen molar-refractivity contribution >= 4 is 0 Å². The molecule has 0 heterocycles. The van der Waals surface area contributed by atoms with Crippen LogP contribution in [0, 0.1) is 0 Å². The molecular formula is C32H58O2. The third-order valence-corrected chi connectivity index (χ3v) is 7.55. The number of rotatable bonds is 23. The summed E-state index contributed by atoms with van der Waals surface area (Å²) in [6.07, 6.45) is 28.6. The van der Waals surface area contributed by atoms with E-state index in [1.54, 1.807) is 0 Å². The van der Waals surface area contributed by atoms with Gasteiger partial charge in [-0.2, -0.15) is 0 Å². The van der Waals surface area contributed by atoms with Gasteiger partial charge in [0.1, 0.15) is 11.5 Å². The lowest BCUT2D eigenvalue weighted by Crippen LogP contribution is -1.97. The minimum absolute atomic E-state index is 0.298. The highest BCUT2D eigenvalue weighted by Gasteiger charge is 2.14. The highest BCUT2D eigenvalue weighted by Crippen LogP contribution is 2.35. The lowest BCUT2D eigenvalue weighted by atomic mass is 9.91. The standard InChI is InChI=1S/C32H58O2/c1-4-6-8-10-12-14-16-18-20-22-24-28(3)30-27-31(33)29(26-32(30)34)25-23-21-19-17-15-13-11-9-7-5-2/h26-28,33-34H,4-25H2,1-3H3. The molecule has 2 nitrogen and oxygen atoms in total. The smallest absolute Gasteiger partial charge is 0.119 e. The van der Waals surface area contributed by atoms with Crippen LogP contribution in [0.2, 0.25) is 0 Å². The molecule has 2 N–H and O–H groups in total. The molecule has 1 rings (SSSR count). The minimum Gasteiger partial charge on any atom is -0.508 e. The second kappa shape index (κ2) is 21.1. The molecule has 1 atom stereocenters. The van der Waals surface area contributed by atoms with Gasteiger partial charge in [-0.3, -0.25) is 0 Å². The van der Waals surface area contributed by atoms with Gasteiger partial charge in [-0.15, -0.1) is 0 Å². The van der Waals surface area contributed by atoms with Crippen LogP contribution in [0.25, 0.3) is 0 Å². The Bertz CT molecular complexity index is 595. The molecule has 0 aliphatic heterocycles. The van der Waals surface area contributed by atoms with E-state index in [4.69, 9.17) is 0 Å².